The summed E-state index contributed by atoms with van der Waals surface area (Å²) in [6.07, 6.45) is 6.91. The lowest BCUT2D eigenvalue weighted by atomic mass is 9.83. The van der Waals surface area contributed by atoms with E-state index in [1.807, 2.05) is 30.5 Å². The van der Waals surface area contributed by atoms with Gasteiger partial charge in [0.25, 0.3) is 5.56 Å². The number of rotatable bonds is 2. The molecule has 1 atom stereocenters. The molecule has 4 aromatic rings. The van der Waals surface area contributed by atoms with E-state index in [9.17, 15) is 4.79 Å². The lowest BCUT2D eigenvalue weighted by Crippen LogP contribution is -2.51. The number of aryl methyl sites for hydroxylation is 1. The van der Waals surface area contributed by atoms with Crippen LogP contribution in [-0.2, 0) is 13.5 Å². The maximum absolute atomic E-state index is 12.6. The van der Waals surface area contributed by atoms with Gasteiger partial charge in [-0.1, -0.05) is 18.2 Å². The van der Waals surface area contributed by atoms with Crippen molar-refractivity contribution < 1.29 is 4.74 Å². The summed E-state index contributed by atoms with van der Waals surface area (Å²) in [5.74, 6) is 2.42. The second-order valence-corrected chi connectivity index (χ2v) is 9.99. The highest BCUT2D eigenvalue weighted by molar-refractivity contribution is 5.87. The Morgan fingerprint density at radius 2 is 2.00 bits per heavy atom. The summed E-state index contributed by atoms with van der Waals surface area (Å²) in [6, 6.07) is 9.94. The molecule has 1 spiro atoms. The lowest BCUT2D eigenvalue weighted by molar-refractivity contribution is 0.0431. The molecule has 3 aliphatic heterocycles. The van der Waals surface area contributed by atoms with Gasteiger partial charge in [0, 0.05) is 56.8 Å². The Labute approximate surface area is 207 Å². The highest BCUT2D eigenvalue weighted by Crippen LogP contribution is 2.47. The van der Waals surface area contributed by atoms with Gasteiger partial charge in [-0.05, 0) is 25.0 Å². The van der Waals surface area contributed by atoms with Crippen molar-refractivity contribution in [2.24, 2.45) is 12.8 Å². The van der Waals surface area contributed by atoms with Crippen molar-refractivity contribution in [1.82, 2.24) is 24.7 Å². The Morgan fingerprint density at radius 3 is 2.83 bits per heavy atom. The minimum absolute atomic E-state index is 0.0438. The summed E-state index contributed by atoms with van der Waals surface area (Å²) in [6.45, 7) is 2.34. The van der Waals surface area contributed by atoms with Gasteiger partial charge in [-0.15, -0.1) is 0 Å². The number of nitrogens with zero attached hydrogens (tertiary/aromatic N) is 6. The van der Waals surface area contributed by atoms with Crippen molar-refractivity contribution in [3.05, 3.63) is 64.2 Å². The molecule has 0 unspecified atom stereocenters. The number of anilines is 3. The standard InChI is InChI=1S/C26H28N8O2/c1-32-12-8-18-16(25(32)35)6-4-11-34(18)24-21-23(30-31-24)29-20(15-28-21)33-13-9-26(10-14-33)22(27)17-5-2-3-7-19(17)36-26/h2-3,5,7-8,12,15,22H,4,6,9-11,13-14,27H2,1H3,(H,29,30,31)/t22-/m1/s1. The van der Waals surface area contributed by atoms with Crippen LogP contribution in [0.5, 0.6) is 5.75 Å². The predicted octanol–water partition coefficient (Wildman–Crippen LogP) is 2.57. The molecular weight excluding hydrogens is 456 g/mol. The minimum atomic E-state index is -0.364. The lowest BCUT2D eigenvalue weighted by Gasteiger charge is -2.41. The van der Waals surface area contributed by atoms with E-state index in [0.717, 1.165) is 73.7 Å². The van der Waals surface area contributed by atoms with E-state index in [-0.39, 0.29) is 17.2 Å². The molecule has 1 saturated heterocycles. The van der Waals surface area contributed by atoms with Crippen molar-refractivity contribution >= 4 is 28.5 Å². The first-order valence-corrected chi connectivity index (χ1v) is 12.5. The van der Waals surface area contributed by atoms with Crippen LogP contribution in [0.25, 0.3) is 11.2 Å². The smallest absolute Gasteiger partial charge is 0.255 e. The molecule has 3 N–H and O–H groups in total. The average Bonchev–Trinajstić information content (AvgIpc) is 3.45. The van der Waals surface area contributed by atoms with Crippen molar-refractivity contribution in [2.75, 3.05) is 29.4 Å². The van der Waals surface area contributed by atoms with Gasteiger partial charge in [0.15, 0.2) is 17.0 Å². The Morgan fingerprint density at radius 1 is 1.17 bits per heavy atom. The summed E-state index contributed by atoms with van der Waals surface area (Å²) >= 11 is 0. The highest BCUT2D eigenvalue weighted by atomic mass is 16.5. The van der Waals surface area contributed by atoms with Crippen LogP contribution in [0.2, 0.25) is 0 Å². The molecule has 3 aliphatic rings. The fourth-order valence-electron chi connectivity index (χ4n) is 5.96. The van der Waals surface area contributed by atoms with Crippen LogP contribution >= 0.6 is 0 Å². The first-order valence-electron chi connectivity index (χ1n) is 12.5. The fraction of sp³-hybridized carbons (Fsp3) is 0.385. The maximum atomic E-state index is 12.6. The Hall–Kier alpha value is -3.92. The molecule has 10 nitrogen and oxygen atoms in total. The van der Waals surface area contributed by atoms with Gasteiger partial charge < -0.3 is 24.8 Å². The van der Waals surface area contributed by atoms with Crippen LogP contribution in [0.3, 0.4) is 0 Å². The van der Waals surface area contributed by atoms with E-state index >= 15 is 0 Å². The average molecular weight is 485 g/mol. The molecular formula is C26H28N8O2. The third kappa shape index (κ3) is 3.07. The van der Waals surface area contributed by atoms with Crippen LogP contribution in [0.4, 0.5) is 17.3 Å². The Balaban J connectivity index is 1.14. The van der Waals surface area contributed by atoms with Gasteiger partial charge in [0.2, 0.25) is 0 Å². The number of para-hydroxylation sites is 1. The van der Waals surface area contributed by atoms with Crippen molar-refractivity contribution in [3.63, 3.8) is 0 Å². The van der Waals surface area contributed by atoms with Crippen molar-refractivity contribution in [1.29, 1.82) is 0 Å². The van der Waals surface area contributed by atoms with Crippen LogP contribution in [0.1, 0.15) is 36.4 Å². The number of benzene rings is 1. The van der Waals surface area contributed by atoms with Gasteiger partial charge in [-0.3, -0.25) is 9.89 Å². The van der Waals surface area contributed by atoms with E-state index < -0.39 is 0 Å². The largest absolute Gasteiger partial charge is 0.485 e. The number of pyridine rings is 1. The molecule has 1 aromatic carbocycles. The number of piperidine rings is 1. The molecule has 36 heavy (non-hydrogen) atoms. The SMILES string of the molecule is Cn1ccc2c(c1=O)CCCN2c1n[nH]c2nc(N3CCC4(CC3)Oc3ccccc3[C@H]4N)cnc12. The van der Waals surface area contributed by atoms with E-state index in [2.05, 4.69) is 26.1 Å². The van der Waals surface area contributed by atoms with Crippen LogP contribution in [-0.4, -0.2) is 50.0 Å². The van der Waals surface area contributed by atoms with Gasteiger partial charge in [0.05, 0.1) is 17.9 Å². The van der Waals surface area contributed by atoms with E-state index in [0.29, 0.717) is 17.0 Å². The number of nitrogens with one attached hydrogen (secondary N) is 1. The Kier molecular flexibility index (Phi) is 4.62. The third-order valence-electron chi connectivity index (χ3n) is 8.01. The molecule has 0 bridgehead atoms. The molecule has 10 heteroatoms. The molecule has 0 amide bonds. The highest BCUT2D eigenvalue weighted by Gasteiger charge is 2.48. The van der Waals surface area contributed by atoms with Gasteiger partial charge in [0.1, 0.15) is 17.2 Å². The third-order valence-corrected chi connectivity index (χ3v) is 8.01. The molecule has 6 heterocycles. The monoisotopic (exact) mass is 484 g/mol. The second-order valence-electron chi connectivity index (χ2n) is 9.99. The molecule has 1 fully saturated rings. The van der Waals surface area contributed by atoms with Crippen LogP contribution in [0, 0.1) is 0 Å². The number of nitrogens with two attached hydrogens (primary N) is 1. The molecule has 7 rings (SSSR count). The maximum Gasteiger partial charge on any atom is 0.255 e. The summed E-state index contributed by atoms with van der Waals surface area (Å²) < 4.78 is 8.01. The van der Waals surface area contributed by atoms with Gasteiger partial charge in [-0.25, -0.2) is 9.97 Å². The number of aromatic nitrogens is 5. The zero-order chi connectivity index (χ0) is 24.4. The normalized spacial score (nSPS) is 20.4. The summed E-state index contributed by atoms with van der Waals surface area (Å²) in [5, 5.41) is 7.63. The summed E-state index contributed by atoms with van der Waals surface area (Å²) in [4.78, 5) is 26.6. The number of H-pyrrole nitrogens is 1. The van der Waals surface area contributed by atoms with E-state index in [1.54, 1.807) is 17.8 Å². The number of fused-ring (bicyclic) bond motifs is 3. The predicted molar refractivity (Wildman–Crippen MR) is 137 cm³/mol. The molecule has 0 saturated carbocycles. The first-order chi connectivity index (χ1) is 17.5. The van der Waals surface area contributed by atoms with Gasteiger partial charge >= 0.3 is 0 Å². The molecule has 184 valence electrons. The Bertz CT molecular complexity index is 1530. The topological polar surface area (TPSA) is 118 Å². The first kappa shape index (κ1) is 21.4. The van der Waals surface area contributed by atoms with Crippen molar-refractivity contribution in [2.45, 2.75) is 37.3 Å². The zero-order valence-electron chi connectivity index (χ0n) is 20.1. The number of aromatic amines is 1. The van der Waals surface area contributed by atoms with Gasteiger partial charge in [-0.2, -0.15) is 5.10 Å². The molecule has 3 aromatic heterocycles. The van der Waals surface area contributed by atoms with Crippen LogP contribution in [0.15, 0.2) is 47.5 Å². The summed E-state index contributed by atoms with van der Waals surface area (Å²) in [5.41, 5.74) is 10.5. The fourth-order valence-corrected chi connectivity index (χ4v) is 5.96. The zero-order valence-corrected chi connectivity index (χ0v) is 20.1. The number of hydrogen-bond donors (Lipinski definition) is 2. The number of ether oxygens (including phenoxy) is 1. The minimum Gasteiger partial charge on any atom is -0.485 e. The van der Waals surface area contributed by atoms with E-state index in [4.69, 9.17) is 20.4 Å². The summed E-state index contributed by atoms with van der Waals surface area (Å²) in [7, 11) is 1.78. The molecule has 0 aliphatic carbocycles. The van der Waals surface area contributed by atoms with Crippen LogP contribution < -0.4 is 25.8 Å². The quantitative estimate of drug-likeness (QED) is 0.446. The number of hydrogen-bond acceptors (Lipinski definition) is 8. The molecule has 0 radical (unpaired) electrons. The van der Waals surface area contributed by atoms with Crippen molar-refractivity contribution in [3.8, 4) is 5.75 Å². The van der Waals surface area contributed by atoms with E-state index in [1.165, 1.54) is 0 Å². The second kappa shape index (κ2) is 7.79.